The van der Waals surface area contributed by atoms with Gasteiger partial charge in [-0.1, -0.05) is 0 Å². The van der Waals surface area contributed by atoms with Crippen LogP contribution in [-0.4, -0.2) is 26.3 Å². The largest absolute Gasteiger partial charge is 0.496 e. The van der Waals surface area contributed by atoms with E-state index in [1.54, 1.807) is 26.2 Å². The molecule has 0 spiro atoms. The maximum atomic E-state index is 11.2. The molecule has 0 saturated heterocycles. The van der Waals surface area contributed by atoms with Crippen molar-refractivity contribution in [2.24, 2.45) is 0 Å². The molecule has 0 amide bonds. The number of hydrogen-bond donors (Lipinski definition) is 0. The van der Waals surface area contributed by atoms with E-state index < -0.39 is 12.1 Å². The predicted molar refractivity (Wildman–Crippen MR) is 70.5 cm³/mol. The van der Waals surface area contributed by atoms with Crippen LogP contribution in [0, 0.1) is 0 Å². The molecule has 1 atom stereocenters. The van der Waals surface area contributed by atoms with Crippen molar-refractivity contribution in [2.75, 3.05) is 14.2 Å². The lowest BCUT2D eigenvalue weighted by Gasteiger charge is -2.15. The summed E-state index contributed by atoms with van der Waals surface area (Å²) in [5.41, 5.74) is 0. The molecule has 0 unspecified atom stereocenters. The molecule has 0 saturated carbocycles. The molecule has 1 aromatic rings. The highest BCUT2D eigenvalue weighted by Gasteiger charge is 2.17. The van der Waals surface area contributed by atoms with Gasteiger partial charge in [-0.3, -0.25) is 0 Å². The SMILES string of the molecule is COC(=O)[C@@H](C)Oc1cc(Br)c(OC)cc1Br. The molecule has 0 heterocycles. The quantitative estimate of drug-likeness (QED) is 0.767. The Morgan fingerprint density at radius 3 is 2.24 bits per heavy atom. The first-order valence-electron chi connectivity index (χ1n) is 4.77. The van der Waals surface area contributed by atoms with Gasteiger partial charge < -0.3 is 14.2 Å². The third-order valence-electron chi connectivity index (χ3n) is 2.04. The van der Waals surface area contributed by atoms with Gasteiger partial charge in [-0.05, 0) is 50.9 Å². The van der Waals surface area contributed by atoms with Crippen LogP contribution in [0.5, 0.6) is 11.5 Å². The van der Waals surface area contributed by atoms with Crippen molar-refractivity contribution < 1.29 is 19.0 Å². The highest BCUT2D eigenvalue weighted by Crippen LogP contribution is 2.36. The first kappa shape index (κ1) is 14.3. The van der Waals surface area contributed by atoms with E-state index in [4.69, 9.17) is 9.47 Å². The second-order valence-corrected chi connectivity index (χ2v) is 4.91. The van der Waals surface area contributed by atoms with E-state index in [0.717, 1.165) is 4.47 Å². The van der Waals surface area contributed by atoms with Crippen molar-refractivity contribution in [3.63, 3.8) is 0 Å². The first-order chi connectivity index (χ1) is 7.99. The summed E-state index contributed by atoms with van der Waals surface area (Å²) in [6.07, 6.45) is -0.670. The van der Waals surface area contributed by atoms with Gasteiger partial charge in [-0.25, -0.2) is 4.79 Å². The van der Waals surface area contributed by atoms with Gasteiger partial charge in [0.1, 0.15) is 11.5 Å². The van der Waals surface area contributed by atoms with Gasteiger partial charge in [0.25, 0.3) is 0 Å². The zero-order chi connectivity index (χ0) is 13.0. The second-order valence-electron chi connectivity index (χ2n) is 3.20. The number of carbonyl (C=O) groups is 1. The van der Waals surface area contributed by atoms with Gasteiger partial charge in [0.15, 0.2) is 6.10 Å². The van der Waals surface area contributed by atoms with E-state index in [1.165, 1.54) is 7.11 Å². The molecule has 0 aliphatic heterocycles. The fourth-order valence-electron chi connectivity index (χ4n) is 1.16. The van der Waals surface area contributed by atoms with Crippen LogP contribution >= 0.6 is 31.9 Å². The van der Waals surface area contributed by atoms with Crippen LogP contribution in [0.4, 0.5) is 0 Å². The topological polar surface area (TPSA) is 44.8 Å². The highest BCUT2D eigenvalue weighted by atomic mass is 79.9. The fraction of sp³-hybridized carbons (Fsp3) is 0.364. The van der Waals surface area contributed by atoms with Gasteiger partial charge in [-0.15, -0.1) is 0 Å². The van der Waals surface area contributed by atoms with Crippen molar-refractivity contribution in [1.82, 2.24) is 0 Å². The summed E-state index contributed by atoms with van der Waals surface area (Å²) >= 11 is 6.69. The lowest BCUT2D eigenvalue weighted by molar-refractivity contribution is -0.147. The molecule has 0 N–H and O–H groups in total. The van der Waals surface area contributed by atoms with Crippen LogP contribution in [0.15, 0.2) is 21.1 Å². The summed E-state index contributed by atoms with van der Waals surface area (Å²) in [5.74, 6) is 0.786. The number of methoxy groups -OCH3 is 2. The zero-order valence-electron chi connectivity index (χ0n) is 9.62. The van der Waals surface area contributed by atoms with Crippen molar-refractivity contribution in [3.05, 3.63) is 21.1 Å². The van der Waals surface area contributed by atoms with Crippen LogP contribution in [0.3, 0.4) is 0 Å². The fourth-order valence-corrected chi connectivity index (χ4v) is 2.06. The van der Waals surface area contributed by atoms with Crippen LogP contribution in [0.1, 0.15) is 6.92 Å². The number of ether oxygens (including phenoxy) is 3. The van der Waals surface area contributed by atoms with E-state index >= 15 is 0 Å². The number of rotatable bonds is 4. The predicted octanol–water partition coefficient (Wildman–Crippen LogP) is 3.16. The summed E-state index contributed by atoms with van der Waals surface area (Å²) in [5, 5.41) is 0. The number of benzene rings is 1. The summed E-state index contributed by atoms with van der Waals surface area (Å²) in [7, 11) is 2.89. The second kappa shape index (κ2) is 6.26. The molecule has 4 nitrogen and oxygen atoms in total. The van der Waals surface area contributed by atoms with Crippen molar-refractivity contribution >= 4 is 37.8 Å². The average Bonchev–Trinajstić information content (AvgIpc) is 2.32. The van der Waals surface area contributed by atoms with Crippen LogP contribution < -0.4 is 9.47 Å². The summed E-state index contributed by atoms with van der Waals surface area (Å²) in [6, 6.07) is 3.48. The minimum Gasteiger partial charge on any atom is -0.496 e. The average molecular weight is 368 g/mol. The summed E-state index contributed by atoms with van der Waals surface area (Å²) < 4.78 is 16.6. The summed E-state index contributed by atoms with van der Waals surface area (Å²) in [6.45, 7) is 1.62. The maximum Gasteiger partial charge on any atom is 0.346 e. The molecule has 0 aromatic heterocycles. The van der Waals surface area contributed by atoms with E-state index in [9.17, 15) is 4.79 Å². The van der Waals surface area contributed by atoms with Crippen LogP contribution in [0.2, 0.25) is 0 Å². The molecule has 94 valence electrons. The lowest BCUT2D eigenvalue weighted by Crippen LogP contribution is -2.25. The normalized spacial score (nSPS) is 11.8. The van der Waals surface area contributed by atoms with Gasteiger partial charge in [0.05, 0.1) is 23.2 Å². The lowest BCUT2D eigenvalue weighted by atomic mass is 10.3. The van der Waals surface area contributed by atoms with Gasteiger partial charge >= 0.3 is 5.97 Å². The molecular weight excluding hydrogens is 356 g/mol. The molecule has 17 heavy (non-hydrogen) atoms. The monoisotopic (exact) mass is 366 g/mol. The number of esters is 1. The Balaban J connectivity index is 2.92. The number of carbonyl (C=O) groups excluding carboxylic acids is 1. The van der Waals surface area contributed by atoms with E-state index in [1.807, 2.05) is 0 Å². The maximum absolute atomic E-state index is 11.2. The van der Waals surface area contributed by atoms with Gasteiger partial charge in [-0.2, -0.15) is 0 Å². The Bertz CT molecular complexity index is 420. The molecule has 1 aromatic carbocycles. The van der Waals surface area contributed by atoms with Crippen LogP contribution in [-0.2, 0) is 9.53 Å². The smallest absolute Gasteiger partial charge is 0.346 e. The van der Waals surface area contributed by atoms with E-state index in [0.29, 0.717) is 16.0 Å². The first-order valence-corrected chi connectivity index (χ1v) is 6.35. The summed E-state index contributed by atoms with van der Waals surface area (Å²) in [4.78, 5) is 11.2. The minimum absolute atomic E-state index is 0.427. The molecule has 6 heteroatoms. The molecule has 0 aliphatic rings. The van der Waals surface area contributed by atoms with Crippen molar-refractivity contribution in [3.8, 4) is 11.5 Å². The Hall–Kier alpha value is -0.750. The molecule has 0 aliphatic carbocycles. The Morgan fingerprint density at radius 1 is 1.18 bits per heavy atom. The number of hydrogen-bond acceptors (Lipinski definition) is 4. The van der Waals surface area contributed by atoms with E-state index in [2.05, 4.69) is 36.6 Å². The van der Waals surface area contributed by atoms with Crippen molar-refractivity contribution in [2.45, 2.75) is 13.0 Å². The van der Waals surface area contributed by atoms with Crippen molar-refractivity contribution in [1.29, 1.82) is 0 Å². The Morgan fingerprint density at radius 2 is 1.71 bits per heavy atom. The van der Waals surface area contributed by atoms with Gasteiger partial charge in [0, 0.05) is 0 Å². The standard InChI is InChI=1S/C11H12Br2O4/c1-6(11(14)16-3)17-10-5-7(12)9(15-2)4-8(10)13/h4-6H,1-3H3/t6-/m1/s1. The zero-order valence-corrected chi connectivity index (χ0v) is 12.8. The molecule has 0 bridgehead atoms. The molecule has 0 fully saturated rings. The highest BCUT2D eigenvalue weighted by molar-refractivity contribution is 9.11. The third-order valence-corrected chi connectivity index (χ3v) is 3.28. The van der Waals surface area contributed by atoms with Gasteiger partial charge in [0.2, 0.25) is 0 Å². The molecule has 1 rings (SSSR count). The van der Waals surface area contributed by atoms with Crippen LogP contribution in [0.25, 0.3) is 0 Å². The Labute approximate surface area is 116 Å². The van der Waals surface area contributed by atoms with E-state index in [-0.39, 0.29) is 0 Å². The minimum atomic E-state index is -0.670. The molecular formula is C11H12Br2O4. The third kappa shape index (κ3) is 3.61. The molecule has 0 radical (unpaired) electrons. The Kier molecular flexibility index (Phi) is 5.27. The number of halogens is 2.